The molecule has 3 atom stereocenters. The van der Waals surface area contributed by atoms with E-state index in [4.69, 9.17) is 33.4 Å². The molecular formula is C46H47N3O8S. The van der Waals surface area contributed by atoms with Crippen molar-refractivity contribution in [2.45, 2.75) is 51.4 Å². The van der Waals surface area contributed by atoms with Crippen LogP contribution in [0, 0.1) is 12.8 Å². The fourth-order valence-corrected chi connectivity index (χ4v) is 8.14. The number of thiazole rings is 1. The van der Waals surface area contributed by atoms with Crippen LogP contribution >= 0.6 is 11.3 Å². The zero-order valence-corrected chi connectivity index (χ0v) is 33.5. The van der Waals surface area contributed by atoms with Crippen LogP contribution in [0.1, 0.15) is 52.7 Å². The van der Waals surface area contributed by atoms with E-state index in [0.29, 0.717) is 65.8 Å². The summed E-state index contributed by atoms with van der Waals surface area (Å²) in [5.41, 5.74) is 3.95. The van der Waals surface area contributed by atoms with E-state index in [1.54, 1.807) is 29.4 Å². The lowest BCUT2D eigenvalue weighted by molar-refractivity contribution is 0.0729. The van der Waals surface area contributed by atoms with Gasteiger partial charge < -0.3 is 33.5 Å². The number of carbonyl (C=O) groups excluding carboxylic acids is 1. The summed E-state index contributed by atoms with van der Waals surface area (Å²) < 4.78 is 36.3. The maximum absolute atomic E-state index is 13.3. The smallest absolute Gasteiger partial charge is 0.343 e. The molecule has 0 bridgehead atoms. The molecule has 1 aliphatic heterocycles. The molecule has 2 fully saturated rings. The van der Waals surface area contributed by atoms with Crippen molar-refractivity contribution in [3.05, 3.63) is 119 Å². The van der Waals surface area contributed by atoms with Gasteiger partial charge in [0.2, 0.25) is 5.13 Å². The molecule has 1 N–H and O–H groups in total. The van der Waals surface area contributed by atoms with Gasteiger partial charge in [0.1, 0.15) is 18.1 Å². The lowest BCUT2D eigenvalue weighted by Crippen LogP contribution is -2.20. The van der Waals surface area contributed by atoms with E-state index in [2.05, 4.69) is 5.10 Å². The van der Waals surface area contributed by atoms with E-state index in [0.717, 1.165) is 62.9 Å². The molecule has 58 heavy (non-hydrogen) atoms. The van der Waals surface area contributed by atoms with Crippen LogP contribution in [0.15, 0.2) is 102 Å². The number of hydrogen-bond donors (Lipinski definition) is 1. The molecule has 1 saturated heterocycles. The second kappa shape index (κ2) is 18.4. The predicted octanol–water partition coefficient (Wildman–Crippen LogP) is 8.75. The van der Waals surface area contributed by atoms with Crippen LogP contribution in [-0.2, 0) is 16.1 Å². The number of aryl methyl sites for hydroxylation is 1. The van der Waals surface area contributed by atoms with Gasteiger partial charge in [-0.1, -0.05) is 53.3 Å². The van der Waals surface area contributed by atoms with Crippen LogP contribution in [0.5, 0.6) is 23.0 Å². The van der Waals surface area contributed by atoms with Crippen molar-refractivity contribution < 1.29 is 38.3 Å². The normalized spacial score (nSPS) is 17.3. The Bertz CT molecular complexity index is 2370. The molecule has 6 aromatic rings. The van der Waals surface area contributed by atoms with Crippen molar-refractivity contribution in [2.24, 2.45) is 11.0 Å². The highest BCUT2D eigenvalue weighted by atomic mass is 32.1. The molecule has 0 amide bonds. The number of hydrogen-bond acceptors (Lipinski definition) is 12. The van der Waals surface area contributed by atoms with E-state index in [-0.39, 0.29) is 13.2 Å². The minimum absolute atomic E-state index is 0.0775. The summed E-state index contributed by atoms with van der Waals surface area (Å²) >= 11 is 1.52. The Balaban J connectivity index is 0.849. The molecule has 0 spiro atoms. The Morgan fingerprint density at radius 3 is 2.66 bits per heavy atom. The Morgan fingerprint density at radius 1 is 0.931 bits per heavy atom. The van der Waals surface area contributed by atoms with Crippen LogP contribution in [-0.4, -0.2) is 74.6 Å². The minimum Gasteiger partial charge on any atom is -0.493 e. The summed E-state index contributed by atoms with van der Waals surface area (Å²) in [7, 11) is 1.53. The molecule has 3 unspecified atom stereocenters. The zero-order chi connectivity index (χ0) is 39.8. The molecule has 0 radical (unpaired) electrons. The first kappa shape index (κ1) is 39.3. The number of aliphatic hydroxyl groups is 1. The summed E-state index contributed by atoms with van der Waals surface area (Å²) in [6.07, 6.45) is 7.04. The number of nitrogens with zero attached hydrogens (tertiary/aromatic N) is 3. The number of hydrazone groups is 1. The third kappa shape index (κ3) is 9.76. The Morgan fingerprint density at radius 2 is 1.79 bits per heavy atom. The molecule has 1 saturated carbocycles. The van der Waals surface area contributed by atoms with Gasteiger partial charge >= 0.3 is 5.97 Å². The lowest BCUT2D eigenvalue weighted by Gasteiger charge is -2.18. The Labute approximate surface area is 341 Å². The molecule has 12 heteroatoms. The maximum atomic E-state index is 13.3. The van der Waals surface area contributed by atoms with Crippen molar-refractivity contribution >= 4 is 49.6 Å². The van der Waals surface area contributed by atoms with E-state index < -0.39 is 5.97 Å². The minimum atomic E-state index is -0.494. The number of esters is 1. The van der Waals surface area contributed by atoms with E-state index in [9.17, 15) is 9.90 Å². The van der Waals surface area contributed by atoms with E-state index in [1.165, 1.54) is 31.3 Å². The fourth-order valence-electron chi connectivity index (χ4n) is 7.19. The second-order valence-corrected chi connectivity index (χ2v) is 15.7. The summed E-state index contributed by atoms with van der Waals surface area (Å²) in [5.74, 6) is 2.24. The SMILES string of the molecule is COc1cc(COc2ccc(C)cc2/C=N/N(CCO)c2nc3ccccc3s2)ccc1OC(=O)c1ccc2cc(OCCCOCC3CCC4OC4C3)ccc2c1. The van der Waals surface area contributed by atoms with Gasteiger partial charge in [-0.3, -0.25) is 0 Å². The van der Waals surface area contributed by atoms with Crippen molar-refractivity contribution in [1.29, 1.82) is 0 Å². The van der Waals surface area contributed by atoms with E-state index in [1.807, 2.05) is 85.8 Å². The number of para-hydroxylation sites is 1. The van der Waals surface area contributed by atoms with Crippen molar-refractivity contribution in [3.8, 4) is 23.0 Å². The Hall–Kier alpha value is -5.53. The van der Waals surface area contributed by atoms with Gasteiger partial charge in [-0.05, 0) is 109 Å². The van der Waals surface area contributed by atoms with Crippen LogP contribution in [0.25, 0.3) is 21.0 Å². The molecule has 1 aromatic heterocycles. The Kier molecular flexibility index (Phi) is 12.5. The number of aromatic nitrogens is 1. The van der Waals surface area contributed by atoms with Gasteiger partial charge in [0.15, 0.2) is 11.5 Å². The first-order valence-electron chi connectivity index (χ1n) is 19.7. The van der Waals surface area contributed by atoms with Crippen molar-refractivity contribution in [3.63, 3.8) is 0 Å². The van der Waals surface area contributed by atoms with Crippen LogP contribution < -0.4 is 24.0 Å². The van der Waals surface area contributed by atoms with Gasteiger partial charge in [0.05, 0.1) is 61.1 Å². The first-order valence-corrected chi connectivity index (χ1v) is 20.5. The van der Waals surface area contributed by atoms with Gasteiger partial charge in [-0.2, -0.15) is 5.10 Å². The molecule has 8 rings (SSSR count). The number of epoxide rings is 1. The average molecular weight is 802 g/mol. The topological polar surface area (TPSA) is 124 Å². The highest BCUT2D eigenvalue weighted by Crippen LogP contribution is 2.39. The number of carbonyl (C=O) groups is 1. The van der Waals surface area contributed by atoms with Crippen molar-refractivity contribution in [2.75, 3.05) is 45.1 Å². The van der Waals surface area contributed by atoms with E-state index >= 15 is 0 Å². The largest absolute Gasteiger partial charge is 0.493 e. The van der Waals surface area contributed by atoms with Crippen molar-refractivity contribution in [1.82, 2.24) is 4.98 Å². The molecular weight excluding hydrogens is 755 g/mol. The highest BCUT2D eigenvalue weighted by Gasteiger charge is 2.43. The van der Waals surface area contributed by atoms with Gasteiger partial charge in [0.25, 0.3) is 0 Å². The third-order valence-electron chi connectivity index (χ3n) is 10.4. The molecule has 2 aliphatic rings. The summed E-state index contributed by atoms with van der Waals surface area (Å²) in [5, 5.41) is 18.7. The molecule has 5 aromatic carbocycles. The lowest BCUT2D eigenvalue weighted by atomic mass is 9.90. The summed E-state index contributed by atoms with van der Waals surface area (Å²) in [4.78, 5) is 18.0. The second-order valence-electron chi connectivity index (χ2n) is 14.7. The first-order chi connectivity index (χ1) is 28.4. The molecule has 2 heterocycles. The maximum Gasteiger partial charge on any atom is 0.343 e. The van der Waals surface area contributed by atoms with Gasteiger partial charge in [-0.25, -0.2) is 14.8 Å². The third-order valence-corrected chi connectivity index (χ3v) is 11.4. The van der Waals surface area contributed by atoms with Crippen LogP contribution in [0.3, 0.4) is 0 Å². The number of benzene rings is 5. The number of aliphatic hydroxyl groups excluding tert-OH is 1. The molecule has 11 nitrogen and oxygen atoms in total. The number of methoxy groups -OCH3 is 1. The van der Waals surface area contributed by atoms with Gasteiger partial charge in [-0.15, -0.1) is 0 Å². The predicted molar refractivity (Wildman–Crippen MR) is 226 cm³/mol. The number of ether oxygens (including phenoxy) is 6. The average Bonchev–Trinajstić information content (AvgIpc) is 3.90. The highest BCUT2D eigenvalue weighted by molar-refractivity contribution is 7.22. The summed E-state index contributed by atoms with van der Waals surface area (Å²) in [6, 6.07) is 30.4. The quantitative estimate of drug-likeness (QED) is 0.0225. The monoisotopic (exact) mass is 801 g/mol. The number of anilines is 1. The summed E-state index contributed by atoms with van der Waals surface area (Å²) in [6.45, 7) is 4.50. The molecule has 1 aliphatic carbocycles. The number of rotatable bonds is 18. The number of fused-ring (bicyclic) bond motifs is 3. The standard InChI is InChI=1S/C46H47N3O8S/c1-30-8-15-39(36(22-30)27-47-49(18-19-50)46-48-38-6-3-4-7-44(38)58-46)55-29-32-10-16-40(42(23-32)52-2)57-45(51)35-12-11-34-26-37(14-13-33(34)25-35)54-21-5-20-53-28-31-9-17-41-43(24-31)56-41/h3-4,6-8,10-16,22-23,25-27,31,41,43,50H,5,9,17-21,24,28-29H2,1-2H3/b47-27+. The van der Waals surface area contributed by atoms with Gasteiger partial charge in [0, 0.05) is 25.2 Å². The zero-order valence-electron chi connectivity index (χ0n) is 32.7. The molecule has 300 valence electrons. The van der Waals surface area contributed by atoms with Crippen LogP contribution in [0.2, 0.25) is 0 Å². The fraction of sp³-hybridized carbons (Fsp3) is 0.326. The van der Waals surface area contributed by atoms with Crippen LogP contribution in [0.4, 0.5) is 5.13 Å².